The van der Waals surface area contributed by atoms with E-state index in [1.165, 1.54) is 12.3 Å². The van der Waals surface area contributed by atoms with Gasteiger partial charge in [0.15, 0.2) is 11.6 Å². The van der Waals surface area contributed by atoms with Crippen molar-refractivity contribution in [1.82, 2.24) is 4.98 Å². The highest BCUT2D eigenvalue weighted by molar-refractivity contribution is 6.31. The zero-order valence-corrected chi connectivity index (χ0v) is 13.2. The summed E-state index contributed by atoms with van der Waals surface area (Å²) in [5.41, 5.74) is 1.24. The third-order valence-electron chi connectivity index (χ3n) is 2.89. The zero-order chi connectivity index (χ0) is 18.2. The van der Waals surface area contributed by atoms with Gasteiger partial charge in [0.2, 0.25) is 5.88 Å². The molecule has 0 spiro atoms. The van der Waals surface area contributed by atoms with Crippen LogP contribution in [-0.4, -0.2) is 30.1 Å². The van der Waals surface area contributed by atoms with Crippen LogP contribution in [0.15, 0.2) is 46.5 Å². The minimum atomic E-state index is -3.13. The minimum Gasteiger partial charge on any atom is -0.471 e. The highest BCUT2D eigenvalue weighted by Crippen LogP contribution is 2.25. The quantitative estimate of drug-likeness (QED) is 0.471. The molecule has 0 saturated carbocycles. The molecule has 0 saturated heterocycles. The van der Waals surface area contributed by atoms with Crippen molar-refractivity contribution < 1.29 is 22.6 Å². The van der Waals surface area contributed by atoms with Gasteiger partial charge >= 0.3 is 6.61 Å². The lowest BCUT2D eigenvalue weighted by Gasteiger charge is -2.06. The van der Waals surface area contributed by atoms with Gasteiger partial charge in [-0.1, -0.05) is 6.07 Å². The number of aryl methyl sites for hydroxylation is 1. The number of pyridine rings is 1. The van der Waals surface area contributed by atoms with Crippen LogP contribution in [0.1, 0.15) is 5.69 Å². The lowest BCUT2D eigenvalue weighted by atomic mass is 10.3. The smallest absolute Gasteiger partial charge is 0.387 e. The van der Waals surface area contributed by atoms with E-state index in [2.05, 4.69) is 19.8 Å². The van der Waals surface area contributed by atoms with E-state index >= 15 is 0 Å². The number of halogens is 3. The Morgan fingerprint density at radius 2 is 2.12 bits per heavy atom. The second-order valence-electron chi connectivity index (χ2n) is 4.78. The number of nitrogens with two attached hydrogens (primary N) is 1. The average Bonchev–Trinajstić information content (AvgIpc) is 2.57. The summed E-state index contributed by atoms with van der Waals surface area (Å²) in [7, 11) is 0. The predicted octanol–water partition coefficient (Wildman–Crippen LogP) is 3.23. The van der Waals surface area contributed by atoms with Gasteiger partial charge in [-0.05, 0) is 25.1 Å². The number of rotatable bonds is 7. The summed E-state index contributed by atoms with van der Waals surface area (Å²) in [6.45, 7) is -1.32. The van der Waals surface area contributed by atoms with Gasteiger partial charge in [-0.2, -0.15) is 13.9 Å². The molecule has 0 aliphatic carbocycles. The molecule has 25 heavy (non-hydrogen) atoms. The van der Waals surface area contributed by atoms with Crippen molar-refractivity contribution >= 4 is 17.6 Å². The number of alkyl halides is 2. The molecule has 0 aliphatic heterocycles. The second kappa shape index (κ2) is 8.67. The standard InChI is InChI=1S/C16H15F3N4O2/c1-10-3-2-4-15(22-10)24-9-12(23-20)8-21-11-5-6-13(17)14(7-11)25-16(18)19/h2-8,16H,9,20H2,1H3. The molecule has 2 aromatic rings. The fourth-order valence-corrected chi connectivity index (χ4v) is 1.76. The van der Waals surface area contributed by atoms with E-state index < -0.39 is 18.2 Å². The molecule has 0 fully saturated rings. The zero-order valence-electron chi connectivity index (χ0n) is 13.2. The van der Waals surface area contributed by atoms with Gasteiger partial charge in [-0.25, -0.2) is 9.37 Å². The fourth-order valence-electron chi connectivity index (χ4n) is 1.76. The molecule has 2 rings (SSSR count). The van der Waals surface area contributed by atoms with Crippen LogP contribution in [-0.2, 0) is 0 Å². The molecule has 0 unspecified atom stereocenters. The number of hydrogen-bond donors (Lipinski definition) is 1. The molecular formula is C16H15F3N4O2. The van der Waals surface area contributed by atoms with E-state index in [0.717, 1.165) is 17.8 Å². The van der Waals surface area contributed by atoms with E-state index in [1.807, 2.05) is 13.0 Å². The summed E-state index contributed by atoms with van der Waals surface area (Å²) >= 11 is 0. The first kappa shape index (κ1) is 18.2. The summed E-state index contributed by atoms with van der Waals surface area (Å²) in [4.78, 5) is 8.14. The molecular weight excluding hydrogens is 337 g/mol. The number of hydrogen-bond acceptors (Lipinski definition) is 6. The number of aliphatic imine (C=N–C) groups is 1. The fraction of sp³-hybridized carbons (Fsp3) is 0.188. The molecule has 0 atom stereocenters. The Morgan fingerprint density at radius 3 is 2.80 bits per heavy atom. The van der Waals surface area contributed by atoms with Crippen molar-refractivity contribution in [3.05, 3.63) is 47.9 Å². The van der Waals surface area contributed by atoms with Crippen LogP contribution in [0.3, 0.4) is 0 Å². The Morgan fingerprint density at radius 1 is 1.32 bits per heavy atom. The molecule has 2 N–H and O–H groups in total. The van der Waals surface area contributed by atoms with Crippen LogP contribution < -0.4 is 15.3 Å². The lowest BCUT2D eigenvalue weighted by molar-refractivity contribution is -0.0521. The maximum Gasteiger partial charge on any atom is 0.387 e. The van der Waals surface area contributed by atoms with Gasteiger partial charge in [-0.15, -0.1) is 0 Å². The van der Waals surface area contributed by atoms with Crippen molar-refractivity contribution in [2.45, 2.75) is 13.5 Å². The average molecular weight is 352 g/mol. The Labute approximate surface area is 141 Å². The van der Waals surface area contributed by atoms with Crippen molar-refractivity contribution in [2.75, 3.05) is 6.61 Å². The van der Waals surface area contributed by atoms with Gasteiger partial charge in [-0.3, -0.25) is 4.99 Å². The third-order valence-corrected chi connectivity index (χ3v) is 2.89. The minimum absolute atomic E-state index is 0.00195. The lowest BCUT2D eigenvalue weighted by Crippen LogP contribution is -2.15. The number of nitrogens with zero attached hydrogens (tertiary/aromatic N) is 3. The van der Waals surface area contributed by atoms with E-state index in [4.69, 9.17) is 10.6 Å². The number of hydrazone groups is 1. The molecule has 9 heteroatoms. The molecule has 0 aliphatic rings. The van der Waals surface area contributed by atoms with Crippen LogP contribution in [0.2, 0.25) is 0 Å². The van der Waals surface area contributed by atoms with E-state index in [-0.39, 0.29) is 18.0 Å². The van der Waals surface area contributed by atoms with Gasteiger partial charge in [0.25, 0.3) is 0 Å². The van der Waals surface area contributed by atoms with Crippen molar-refractivity contribution in [2.24, 2.45) is 15.9 Å². The normalized spacial score (nSPS) is 12.0. The van der Waals surface area contributed by atoms with Crippen molar-refractivity contribution in [3.63, 3.8) is 0 Å². The number of ether oxygens (including phenoxy) is 2. The molecule has 0 bridgehead atoms. The van der Waals surface area contributed by atoms with Crippen LogP contribution in [0, 0.1) is 12.7 Å². The Hall–Kier alpha value is -3.10. The summed E-state index contributed by atoms with van der Waals surface area (Å²) in [5, 5.41) is 3.52. The van der Waals surface area contributed by atoms with E-state index in [9.17, 15) is 13.2 Å². The molecule has 1 aromatic carbocycles. The van der Waals surface area contributed by atoms with Gasteiger partial charge in [0.1, 0.15) is 12.3 Å². The monoisotopic (exact) mass is 352 g/mol. The van der Waals surface area contributed by atoms with Crippen LogP contribution in [0.4, 0.5) is 18.9 Å². The number of benzene rings is 1. The third kappa shape index (κ3) is 5.79. The Balaban J connectivity index is 2.03. The maximum absolute atomic E-state index is 13.4. The first-order valence-corrected chi connectivity index (χ1v) is 7.09. The second-order valence-corrected chi connectivity index (χ2v) is 4.78. The largest absolute Gasteiger partial charge is 0.471 e. The van der Waals surface area contributed by atoms with Crippen LogP contribution in [0.25, 0.3) is 0 Å². The van der Waals surface area contributed by atoms with E-state index in [0.29, 0.717) is 5.88 Å². The maximum atomic E-state index is 13.4. The van der Waals surface area contributed by atoms with Crippen molar-refractivity contribution in [3.8, 4) is 11.6 Å². The Bertz CT molecular complexity index is 782. The molecule has 0 radical (unpaired) electrons. The summed E-state index contributed by atoms with van der Waals surface area (Å²) < 4.78 is 47.3. The van der Waals surface area contributed by atoms with Gasteiger partial charge in [0.05, 0.1) is 11.9 Å². The molecule has 6 nitrogen and oxygen atoms in total. The summed E-state index contributed by atoms with van der Waals surface area (Å²) in [6, 6.07) is 8.58. The van der Waals surface area contributed by atoms with Crippen LogP contribution >= 0.6 is 0 Å². The predicted molar refractivity (Wildman–Crippen MR) is 87.3 cm³/mol. The SMILES string of the molecule is Cc1cccc(OCC(C=Nc2ccc(F)c(OC(F)F)c2)=NN)n1. The highest BCUT2D eigenvalue weighted by atomic mass is 19.3. The molecule has 1 heterocycles. The first-order chi connectivity index (χ1) is 12.0. The van der Waals surface area contributed by atoms with E-state index in [1.54, 1.807) is 12.1 Å². The van der Waals surface area contributed by atoms with Gasteiger partial charge < -0.3 is 15.3 Å². The summed E-state index contributed by atoms with van der Waals surface area (Å²) in [6.07, 6.45) is 1.27. The molecule has 1 aromatic heterocycles. The summed E-state index contributed by atoms with van der Waals surface area (Å²) in [5.74, 6) is 4.14. The number of aromatic nitrogens is 1. The topological polar surface area (TPSA) is 82.1 Å². The van der Waals surface area contributed by atoms with Gasteiger partial charge in [0, 0.05) is 17.8 Å². The Kier molecular flexibility index (Phi) is 6.33. The molecule has 132 valence electrons. The molecule has 0 amide bonds. The van der Waals surface area contributed by atoms with Crippen LogP contribution in [0.5, 0.6) is 11.6 Å². The first-order valence-electron chi connectivity index (χ1n) is 7.09. The van der Waals surface area contributed by atoms with Crippen molar-refractivity contribution in [1.29, 1.82) is 0 Å². The highest BCUT2D eigenvalue weighted by Gasteiger charge is 2.10.